The summed E-state index contributed by atoms with van der Waals surface area (Å²) >= 11 is 1.99. The monoisotopic (exact) mass is 256 g/mol. The molecular weight excluding hydrogens is 232 g/mol. The summed E-state index contributed by atoms with van der Waals surface area (Å²) in [7, 11) is 0. The van der Waals surface area contributed by atoms with Gasteiger partial charge in [-0.25, -0.2) is 0 Å². The number of carbonyl (C=O) groups is 1. The van der Waals surface area contributed by atoms with Crippen molar-refractivity contribution in [3.05, 3.63) is 0 Å². The zero-order chi connectivity index (χ0) is 12.5. The summed E-state index contributed by atoms with van der Waals surface area (Å²) in [5, 5.41) is 6.57. The van der Waals surface area contributed by atoms with Gasteiger partial charge in [-0.05, 0) is 37.4 Å². The maximum absolute atomic E-state index is 11.9. The summed E-state index contributed by atoms with van der Waals surface area (Å²) < 4.78 is 0. The van der Waals surface area contributed by atoms with E-state index in [0.717, 1.165) is 18.6 Å². The lowest BCUT2D eigenvalue weighted by molar-refractivity contribution is -0.123. The fourth-order valence-corrected chi connectivity index (χ4v) is 3.76. The SMILES string of the molecule is CC(NC1CSCCC1(C)C)C(=O)NC1CC1. The Hall–Kier alpha value is -0.220. The molecule has 2 aliphatic rings. The van der Waals surface area contributed by atoms with Gasteiger partial charge in [-0.1, -0.05) is 13.8 Å². The van der Waals surface area contributed by atoms with Crippen molar-refractivity contribution < 1.29 is 4.79 Å². The fourth-order valence-electron chi connectivity index (χ4n) is 2.14. The summed E-state index contributed by atoms with van der Waals surface area (Å²) in [6, 6.07) is 0.834. The standard InChI is InChI=1S/C13H24N2OS/c1-9(12(16)15-10-4-5-10)14-11-8-17-7-6-13(11,2)3/h9-11,14H,4-8H2,1-3H3,(H,15,16). The van der Waals surface area contributed by atoms with Crippen LogP contribution in [0.5, 0.6) is 0 Å². The predicted octanol–water partition coefficient (Wildman–Crippen LogP) is 1.77. The molecular formula is C13H24N2OS. The third-order valence-electron chi connectivity index (χ3n) is 3.89. The molecule has 2 unspecified atom stereocenters. The van der Waals surface area contributed by atoms with Gasteiger partial charge in [0.05, 0.1) is 6.04 Å². The van der Waals surface area contributed by atoms with E-state index < -0.39 is 0 Å². The molecule has 3 nitrogen and oxygen atoms in total. The lowest BCUT2D eigenvalue weighted by Gasteiger charge is -2.40. The van der Waals surface area contributed by atoms with Crippen molar-refractivity contribution in [2.24, 2.45) is 5.41 Å². The fraction of sp³-hybridized carbons (Fsp3) is 0.923. The Morgan fingerprint density at radius 1 is 1.41 bits per heavy atom. The summed E-state index contributed by atoms with van der Waals surface area (Å²) in [6.07, 6.45) is 3.54. The number of carbonyl (C=O) groups excluding carboxylic acids is 1. The molecule has 1 heterocycles. The van der Waals surface area contributed by atoms with E-state index in [4.69, 9.17) is 0 Å². The van der Waals surface area contributed by atoms with Crippen LogP contribution >= 0.6 is 11.8 Å². The molecule has 0 aromatic rings. The van der Waals surface area contributed by atoms with Crippen LogP contribution in [0.4, 0.5) is 0 Å². The van der Waals surface area contributed by atoms with Crippen molar-refractivity contribution in [2.45, 2.75) is 58.2 Å². The Kier molecular flexibility index (Phi) is 4.03. The summed E-state index contributed by atoms with van der Waals surface area (Å²) in [4.78, 5) is 11.9. The molecule has 2 rings (SSSR count). The zero-order valence-corrected chi connectivity index (χ0v) is 11.9. The number of hydrogen-bond acceptors (Lipinski definition) is 3. The summed E-state index contributed by atoms with van der Waals surface area (Å²) in [5.41, 5.74) is 0.305. The third-order valence-corrected chi connectivity index (χ3v) is 4.95. The van der Waals surface area contributed by atoms with Crippen LogP contribution in [0.3, 0.4) is 0 Å². The van der Waals surface area contributed by atoms with Crippen LogP contribution in [-0.4, -0.2) is 35.5 Å². The van der Waals surface area contributed by atoms with Crippen molar-refractivity contribution in [3.8, 4) is 0 Å². The minimum Gasteiger partial charge on any atom is -0.352 e. The van der Waals surface area contributed by atoms with E-state index in [9.17, 15) is 4.79 Å². The minimum absolute atomic E-state index is 0.0708. The lowest BCUT2D eigenvalue weighted by atomic mass is 9.82. The van der Waals surface area contributed by atoms with E-state index in [1.165, 1.54) is 12.2 Å². The highest BCUT2D eigenvalue weighted by molar-refractivity contribution is 7.99. The van der Waals surface area contributed by atoms with E-state index in [1.807, 2.05) is 18.7 Å². The molecule has 1 saturated carbocycles. The summed E-state index contributed by atoms with van der Waals surface area (Å²) in [5.74, 6) is 2.53. The molecule has 0 aromatic carbocycles. The Morgan fingerprint density at radius 3 is 2.71 bits per heavy atom. The number of rotatable bonds is 4. The van der Waals surface area contributed by atoms with Crippen LogP contribution < -0.4 is 10.6 Å². The van der Waals surface area contributed by atoms with Crippen molar-refractivity contribution in [2.75, 3.05) is 11.5 Å². The van der Waals surface area contributed by atoms with Gasteiger partial charge >= 0.3 is 0 Å². The van der Waals surface area contributed by atoms with Gasteiger partial charge in [-0.3, -0.25) is 4.79 Å². The maximum Gasteiger partial charge on any atom is 0.237 e. The molecule has 4 heteroatoms. The van der Waals surface area contributed by atoms with E-state index in [2.05, 4.69) is 24.5 Å². The highest BCUT2D eigenvalue weighted by Crippen LogP contribution is 2.34. The molecule has 1 aliphatic heterocycles. The van der Waals surface area contributed by atoms with E-state index in [-0.39, 0.29) is 11.9 Å². The molecule has 0 spiro atoms. The molecule has 2 atom stereocenters. The lowest BCUT2D eigenvalue weighted by Crippen LogP contribution is -2.54. The topological polar surface area (TPSA) is 41.1 Å². The first kappa shape index (κ1) is 13.2. The van der Waals surface area contributed by atoms with Gasteiger partial charge in [0, 0.05) is 17.8 Å². The minimum atomic E-state index is -0.0708. The van der Waals surface area contributed by atoms with Gasteiger partial charge in [0.1, 0.15) is 0 Å². The second-order valence-electron chi connectivity index (χ2n) is 6.04. The Balaban J connectivity index is 1.83. The van der Waals surface area contributed by atoms with Crippen LogP contribution in [0.2, 0.25) is 0 Å². The van der Waals surface area contributed by atoms with Crippen molar-refractivity contribution in [3.63, 3.8) is 0 Å². The number of thioether (sulfide) groups is 1. The molecule has 0 radical (unpaired) electrons. The van der Waals surface area contributed by atoms with Gasteiger partial charge in [0.2, 0.25) is 5.91 Å². The number of amides is 1. The van der Waals surface area contributed by atoms with Gasteiger partial charge in [-0.2, -0.15) is 11.8 Å². The predicted molar refractivity (Wildman–Crippen MR) is 73.3 cm³/mol. The molecule has 2 N–H and O–H groups in total. The van der Waals surface area contributed by atoms with Gasteiger partial charge in [0.25, 0.3) is 0 Å². The Morgan fingerprint density at radius 2 is 2.12 bits per heavy atom. The molecule has 1 saturated heterocycles. The highest BCUT2D eigenvalue weighted by Gasteiger charge is 2.34. The summed E-state index contributed by atoms with van der Waals surface area (Å²) in [6.45, 7) is 6.58. The van der Waals surface area contributed by atoms with Crippen molar-refractivity contribution in [1.29, 1.82) is 0 Å². The van der Waals surface area contributed by atoms with Gasteiger partial charge < -0.3 is 10.6 Å². The van der Waals surface area contributed by atoms with E-state index in [1.54, 1.807) is 0 Å². The van der Waals surface area contributed by atoms with Gasteiger partial charge in [-0.15, -0.1) is 0 Å². The van der Waals surface area contributed by atoms with Crippen LogP contribution in [0.25, 0.3) is 0 Å². The maximum atomic E-state index is 11.9. The number of nitrogens with one attached hydrogen (secondary N) is 2. The second-order valence-corrected chi connectivity index (χ2v) is 7.19. The molecule has 0 aromatic heterocycles. The smallest absolute Gasteiger partial charge is 0.237 e. The van der Waals surface area contributed by atoms with Crippen LogP contribution in [0.15, 0.2) is 0 Å². The Labute approximate surface area is 108 Å². The third kappa shape index (κ3) is 3.62. The second kappa shape index (κ2) is 5.19. The van der Waals surface area contributed by atoms with E-state index in [0.29, 0.717) is 17.5 Å². The zero-order valence-electron chi connectivity index (χ0n) is 11.1. The first-order chi connectivity index (χ1) is 7.99. The molecule has 17 heavy (non-hydrogen) atoms. The Bertz CT molecular complexity index is 289. The largest absolute Gasteiger partial charge is 0.352 e. The quantitative estimate of drug-likeness (QED) is 0.805. The molecule has 1 amide bonds. The molecule has 0 bridgehead atoms. The van der Waals surface area contributed by atoms with Crippen molar-refractivity contribution in [1.82, 2.24) is 10.6 Å². The van der Waals surface area contributed by atoms with Gasteiger partial charge in [0.15, 0.2) is 0 Å². The first-order valence-corrected chi connectivity index (χ1v) is 7.79. The van der Waals surface area contributed by atoms with Crippen LogP contribution in [-0.2, 0) is 4.79 Å². The van der Waals surface area contributed by atoms with Crippen LogP contribution in [0, 0.1) is 5.41 Å². The molecule has 98 valence electrons. The highest BCUT2D eigenvalue weighted by atomic mass is 32.2. The normalized spacial score (nSPS) is 29.7. The van der Waals surface area contributed by atoms with E-state index >= 15 is 0 Å². The number of hydrogen-bond donors (Lipinski definition) is 2. The first-order valence-electron chi connectivity index (χ1n) is 6.63. The average molecular weight is 256 g/mol. The van der Waals surface area contributed by atoms with Crippen LogP contribution in [0.1, 0.15) is 40.0 Å². The van der Waals surface area contributed by atoms with Crippen molar-refractivity contribution >= 4 is 17.7 Å². The molecule has 2 fully saturated rings. The average Bonchev–Trinajstić information content (AvgIpc) is 3.04. The molecule has 1 aliphatic carbocycles.